The first-order valence-electron chi connectivity index (χ1n) is 6.11. The predicted molar refractivity (Wildman–Crippen MR) is 71.1 cm³/mol. The van der Waals surface area contributed by atoms with Crippen molar-refractivity contribution >= 4 is 15.9 Å². The summed E-state index contributed by atoms with van der Waals surface area (Å²) >= 11 is 3.68. The number of hydrogen-bond donors (Lipinski definition) is 1. The average Bonchev–Trinajstić information content (AvgIpc) is 2.32. The minimum Gasteiger partial charge on any atom is -0.377 e. The molecule has 4 heteroatoms. The van der Waals surface area contributed by atoms with E-state index >= 15 is 0 Å². The average molecular weight is 297 g/mol. The van der Waals surface area contributed by atoms with Crippen LogP contribution < -0.4 is 5.32 Å². The molecule has 0 radical (unpaired) electrons. The van der Waals surface area contributed by atoms with Gasteiger partial charge in [-0.25, -0.2) is 0 Å². The second kappa shape index (κ2) is 4.69. The summed E-state index contributed by atoms with van der Waals surface area (Å²) in [5, 5.41) is 3.41. The maximum absolute atomic E-state index is 5.52. The zero-order valence-corrected chi connectivity index (χ0v) is 11.4. The summed E-state index contributed by atoms with van der Waals surface area (Å²) in [5.41, 5.74) is 1.47. The molecule has 0 aromatic heterocycles. The molecule has 0 aliphatic carbocycles. The predicted octanol–water partition coefficient (Wildman–Crippen LogP) is 1.58. The van der Waals surface area contributed by atoms with Crippen LogP contribution in [0.2, 0.25) is 0 Å². The maximum Gasteiger partial charge on any atom is 0.0945 e. The fraction of sp³-hybridized carbons (Fsp3) is 0.538. The van der Waals surface area contributed by atoms with Gasteiger partial charge < -0.3 is 10.1 Å². The van der Waals surface area contributed by atoms with Crippen molar-refractivity contribution in [3.8, 4) is 0 Å². The Morgan fingerprint density at radius 2 is 1.88 bits per heavy atom. The topological polar surface area (TPSA) is 24.5 Å². The van der Waals surface area contributed by atoms with E-state index in [0.29, 0.717) is 0 Å². The summed E-state index contributed by atoms with van der Waals surface area (Å²) in [6.07, 6.45) is 0. The largest absolute Gasteiger partial charge is 0.377 e. The van der Waals surface area contributed by atoms with Crippen LogP contribution in [0.3, 0.4) is 0 Å². The monoisotopic (exact) mass is 296 g/mol. The van der Waals surface area contributed by atoms with E-state index in [2.05, 4.69) is 50.4 Å². The summed E-state index contributed by atoms with van der Waals surface area (Å²) in [5.74, 6) is 0. The highest BCUT2D eigenvalue weighted by molar-refractivity contribution is 9.10. The molecule has 2 aliphatic rings. The van der Waals surface area contributed by atoms with Crippen LogP contribution in [0.4, 0.5) is 0 Å². The van der Waals surface area contributed by atoms with Gasteiger partial charge in [0.2, 0.25) is 0 Å². The van der Waals surface area contributed by atoms with Gasteiger partial charge in [0.15, 0.2) is 0 Å². The molecule has 2 fully saturated rings. The van der Waals surface area contributed by atoms with Gasteiger partial charge in [-0.3, -0.25) is 4.90 Å². The quantitative estimate of drug-likeness (QED) is 0.897. The second-order valence-corrected chi connectivity index (χ2v) is 5.60. The van der Waals surface area contributed by atoms with Crippen molar-refractivity contribution < 1.29 is 4.74 Å². The van der Waals surface area contributed by atoms with Gasteiger partial charge in [0.25, 0.3) is 0 Å². The van der Waals surface area contributed by atoms with Crippen molar-refractivity contribution in [3.05, 3.63) is 34.3 Å². The molecule has 1 N–H and O–H groups in total. The number of nitrogens with zero attached hydrogens (tertiary/aromatic N) is 1. The molecule has 1 aromatic rings. The molecule has 1 aromatic carbocycles. The number of piperazine rings is 1. The van der Waals surface area contributed by atoms with Crippen LogP contribution in [0, 0.1) is 0 Å². The Morgan fingerprint density at radius 3 is 2.47 bits per heavy atom. The van der Waals surface area contributed by atoms with E-state index in [0.717, 1.165) is 39.4 Å². The third-order valence-electron chi connectivity index (χ3n) is 3.78. The lowest BCUT2D eigenvalue weighted by molar-refractivity contribution is -0.149. The molecule has 0 unspecified atom stereocenters. The Kier molecular flexibility index (Phi) is 3.21. The molecule has 2 aliphatic heterocycles. The lowest BCUT2D eigenvalue weighted by Crippen LogP contribution is -2.63. The molecule has 2 saturated heterocycles. The molecular weight excluding hydrogens is 280 g/mol. The fourth-order valence-electron chi connectivity index (χ4n) is 2.74. The molecule has 2 heterocycles. The Bertz CT molecular complexity index is 400. The SMILES string of the molecule is Brc1ccccc1C1(N2CCNCC2)COC1. The van der Waals surface area contributed by atoms with E-state index in [1.54, 1.807) is 0 Å². The maximum atomic E-state index is 5.52. The summed E-state index contributed by atoms with van der Waals surface area (Å²) in [6, 6.07) is 8.52. The summed E-state index contributed by atoms with van der Waals surface area (Å²) < 4.78 is 6.71. The van der Waals surface area contributed by atoms with Crippen LogP contribution in [0.25, 0.3) is 0 Å². The van der Waals surface area contributed by atoms with Crippen molar-refractivity contribution in [3.63, 3.8) is 0 Å². The van der Waals surface area contributed by atoms with Crippen molar-refractivity contribution in [1.82, 2.24) is 10.2 Å². The number of halogens is 1. The molecule has 0 saturated carbocycles. The molecule has 0 atom stereocenters. The molecule has 0 bridgehead atoms. The van der Waals surface area contributed by atoms with Crippen molar-refractivity contribution in [1.29, 1.82) is 0 Å². The smallest absolute Gasteiger partial charge is 0.0945 e. The molecule has 3 nitrogen and oxygen atoms in total. The number of benzene rings is 1. The van der Waals surface area contributed by atoms with Crippen LogP contribution in [0.5, 0.6) is 0 Å². The first-order valence-corrected chi connectivity index (χ1v) is 6.91. The standard InChI is InChI=1S/C13H17BrN2O/c14-12-4-2-1-3-11(12)13(9-17-10-13)16-7-5-15-6-8-16/h1-4,15H,5-10H2. The van der Waals surface area contributed by atoms with Gasteiger partial charge in [0, 0.05) is 30.7 Å². The van der Waals surface area contributed by atoms with Crippen LogP contribution in [0.15, 0.2) is 28.7 Å². The number of nitrogens with one attached hydrogen (secondary N) is 1. The Hall–Kier alpha value is -0.420. The van der Waals surface area contributed by atoms with Crippen LogP contribution in [0.1, 0.15) is 5.56 Å². The Labute approximate surface area is 110 Å². The van der Waals surface area contributed by atoms with E-state index in [9.17, 15) is 0 Å². The van der Waals surface area contributed by atoms with E-state index in [-0.39, 0.29) is 5.54 Å². The van der Waals surface area contributed by atoms with Crippen LogP contribution in [-0.2, 0) is 10.3 Å². The van der Waals surface area contributed by atoms with Gasteiger partial charge in [-0.2, -0.15) is 0 Å². The van der Waals surface area contributed by atoms with E-state index in [4.69, 9.17) is 4.74 Å². The lowest BCUT2D eigenvalue weighted by Gasteiger charge is -2.51. The fourth-order valence-corrected chi connectivity index (χ4v) is 3.39. The van der Waals surface area contributed by atoms with Gasteiger partial charge in [-0.05, 0) is 11.6 Å². The molecule has 0 amide bonds. The highest BCUT2D eigenvalue weighted by Gasteiger charge is 2.46. The van der Waals surface area contributed by atoms with Gasteiger partial charge in [-0.1, -0.05) is 34.1 Å². The lowest BCUT2D eigenvalue weighted by atomic mass is 9.85. The van der Waals surface area contributed by atoms with Crippen LogP contribution in [-0.4, -0.2) is 44.3 Å². The highest BCUT2D eigenvalue weighted by Crippen LogP contribution is 2.39. The Balaban J connectivity index is 1.93. The van der Waals surface area contributed by atoms with Gasteiger partial charge in [0.05, 0.1) is 18.8 Å². The molecular formula is C13H17BrN2O. The van der Waals surface area contributed by atoms with E-state index < -0.39 is 0 Å². The summed E-state index contributed by atoms with van der Waals surface area (Å²) in [6.45, 7) is 5.99. The van der Waals surface area contributed by atoms with Gasteiger partial charge in [0.1, 0.15) is 0 Å². The van der Waals surface area contributed by atoms with Crippen LogP contribution >= 0.6 is 15.9 Å². The minimum absolute atomic E-state index is 0.0994. The zero-order chi connectivity index (χ0) is 11.7. The van der Waals surface area contributed by atoms with Gasteiger partial charge >= 0.3 is 0 Å². The van der Waals surface area contributed by atoms with Crippen molar-refractivity contribution in [2.45, 2.75) is 5.54 Å². The minimum atomic E-state index is 0.0994. The first kappa shape index (κ1) is 11.7. The Morgan fingerprint density at radius 1 is 1.18 bits per heavy atom. The molecule has 3 rings (SSSR count). The van der Waals surface area contributed by atoms with E-state index in [1.807, 2.05) is 0 Å². The number of ether oxygens (including phenoxy) is 1. The molecule has 92 valence electrons. The normalized spacial score (nSPS) is 24.3. The number of hydrogen-bond acceptors (Lipinski definition) is 3. The first-order chi connectivity index (χ1) is 8.33. The zero-order valence-electron chi connectivity index (χ0n) is 9.79. The second-order valence-electron chi connectivity index (χ2n) is 4.74. The molecule has 17 heavy (non-hydrogen) atoms. The summed E-state index contributed by atoms with van der Waals surface area (Å²) in [4.78, 5) is 2.56. The van der Waals surface area contributed by atoms with Crippen molar-refractivity contribution in [2.24, 2.45) is 0 Å². The third kappa shape index (κ3) is 1.93. The van der Waals surface area contributed by atoms with Gasteiger partial charge in [-0.15, -0.1) is 0 Å². The van der Waals surface area contributed by atoms with E-state index in [1.165, 1.54) is 10.0 Å². The third-order valence-corrected chi connectivity index (χ3v) is 4.47. The highest BCUT2D eigenvalue weighted by atomic mass is 79.9. The molecule has 0 spiro atoms. The number of rotatable bonds is 2. The summed E-state index contributed by atoms with van der Waals surface area (Å²) in [7, 11) is 0. The van der Waals surface area contributed by atoms with Crippen molar-refractivity contribution in [2.75, 3.05) is 39.4 Å².